The number of para-hydroxylation sites is 1. The molecular weight excluding hydrogens is 280 g/mol. The van der Waals surface area contributed by atoms with Gasteiger partial charge in [-0.15, -0.1) is 0 Å². The van der Waals surface area contributed by atoms with Crippen molar-refractivity contribution >= 4 is 0 Å². The van der Waals surface area contributed by atoms with E-state index in [0.29, 0.717) is 5.82 Å². The Morgan fingerprint density at radius 1 is 0.957 bits per heavy atom. The first kappa shape index (κ1) is 8.49. The summed E-state index contributed by atoms with van der Waals surface area (Å²) in [6.07, 6.45) is 3.12. The van der Waals surface area contributed by atoms with E-state index < -0.39 is 25.5 Å². The Morgan fingerprint density at radius 2 is 1.61 bits per heavy atom. The third-order valence-corrected chi connectivity index (χ3v) is 3.76. The molecule has 0 saturated heterocycles. The number of imidazole rings is 1. The summed E-state index contributed by atoms with van der Waals surface area (Å²) in [5, 5.41) is 0. The summed E-state index contributed by atoms with van der Waals surface area (Å²) in [7, 11) is 0. The van der Waals surface area contributed by atoms with Gasteiger partial charge in [0, 0.05) is 28.9 Å². The highest BCUT2D eigenvalue weighted by Crippen LogP contribution is 2.33. The fourth-order valence-corrected chi connectivity index (χ4v) is 2.69. The normalized spacial score (nSPS) is 22.7. The zero-order valence-corrected chi connectivity index (χ0v) is 13.2. The van der Waals surface area contributed by atoms with Crippen LogP contribution in [0.1, 0.15) is 61.4 Å². The van der Waals surface area contributed by atoms with E-state index in [4.69, 9.17) is 11.0 Å². The highest BCUT2D eigenvalue weighted by atomic mass is 15.1. The van der Waals surface area contributed by atoms with Gasteiger partial charge < -0.3 is 0 Å². The molecule has 0 saturated carbocycles. The average Bonchev–Trinajstić information content (AvgIpc) is 3.15. The highest BCUT2D eigenvalue weighted by Gasteiger charge is 2.18. The number of hydrogen-bond donors (Lipinski definition) is 0. The zero-order chi connectivity index (χ0) is 23.2. The molecule has 0 bridgehead atoms. The number of nitrogens with zero attached hydrogens (tertiary/aromatic N) is 2. The van der Waals surface area contributed by atoms with E-state index in [1.54, 1.807) is 10.8 Å². The topological polar surface area (TPSA) is 17.8 Å². The zero-order valence-electron chi connectivity index (χ0n) is 21.2. The average molecular weight is 312 g/mol. The molecule has 2 nitrogen and oxygen atoms in total. The van der Waals surface area contributed by atoms with Gasteiger partial charge in [0.25, 0.3) is 0 Å². The maximum atomic E-state index is 8.70. The van der Waals surface area contributed by atoms with E-state index in [-0.39, 0.29) is 16.8 Å². The summed E-state index contributed by atoms with van der Waals surface area (Å²) in [5.41, 5.74) is 1.11. The first-order valence-corrected chi connectivity index (χ1v) is 7.43. The summed E-state index contributed by atoms with van der Waals surface area (Å²) >= 11 is 0. The molecule has 0 amide bonds. The monoisotopic (exact) mass is 312 g/mol. The Hall–Kier alpha value is -2.35. The lowest BCUT2D eigenvalue weighted by Crippen LogP contribution is -2.07. The molecule has 0 N–H and O–H groups in total. The summed E-state index contributed by atoms with van der Waals surface area (Å²) < 4.78 is 66.5. The van der Waals surface area contributed by atoms with Crippen molar-refractivity contribution in [1.29, 1.82) is 0 Å². The van der Waals surface area contributed by atoms with Crippen LogP contribution in [-0.4, -0.2) is 9.55 Å². The number of aromatic nitrogens is 2. The second-order valence-corrected chi connectivity index (χ2v) is 5.44. The molecule has 2 unspecified atom stereocenters. The standard InChI is InChI=1S/C21H24N2/c1-15(2)18-11-8-12-19(16(3)4)20(18)23-14-13-22-21(23)17-9-6-5-7-10-17/h5-16H,1-4H3/i1D3,3D3,15D,16D. The van der Waals surface area contributed by atoms with Crippen molar-refractivity contribution in [2.24, 2.45) is 0 Å². The molecule has 0 aliphatic carbocycles. The lowest BCUT2D eigenvalue weighted by Gasteiger charge is -2.21. The minimum atomic E-state index is -2.69. The van der Waals surface area contributed by atoms with Gasteiger partial charge in [0.2, 0.25) is 0 Å². The Balaban J connectivity index is 2.43. The van der Waals surface area contributed by atoms with Gasteiger partial charge in [0.1, 0.15) is 5.82 Å². The molecule has 0 fully saturated rings. The third-order valence-electron chi connectivity index (χ3n) is 3.76. The second kappa shape index (κ2) is 6.41. The first-order valence-electron chi connectivity index (χ1n) is 11.4. The van der Waals surface area contributed by atoms with Gasteiger partial charge in [-0.1, -0.05) is 76.1 Å². The third kappa shape index (κ3) is 2.94. The lowest BCUT2D eigenvalue weighted by atomic mass is 9.92. The molecule has 1 heterocycles. The molecule has 2 aromatic carbocycles. The van der Waals surface area contributed by atoms with Crippen molar-refractivity contribution in [2.75, 3.05) is 0 Å². The van der Waals surface area contributed by atoms with Gasteiger partial charge in [0.15, 0.2) is 0 Å². The Labute approximate surface area is 150 Å². The lowest BCUT2D eigenvalue weighted by molar-refractivity contribution is 0.807. The summed E-state index contributed by atoms with van der Waals surface area (Å²) in [4.78, 5) is 4.39. The maximum Gasteiger partial charge on any atom is 0.144 e. The Morgan fingerprint density at radius 3 is 2.22 bits per heavy atom. The molecule has 0 aliphatic rings. The fourth-order valence-electron chi connectivity index (χ4n) is 2.69. The molecule has 23 heavy (non-hydrogen) atoms. The SMILES string of the molecule is [2H]C([2H])([2H])C([2H])(C)c1cccc(C([2H])(C)C([2H])([2H])[2H])c1-n1ccnc1-c1ccccc1. The molecule has 0 aliphatic heterocycles. The van der Waals surface area contributed by atoms with Crippen molar-refractivity contribution in [3.63, 3.8) is 0 Å². The summed E-state index contributed by atoms with van der Waals surface area (Å²) in [6.45, 7) is -2.82. The molecule has 1 aromatic heterocycles. The van der Waals surface area contributed by atoms with Crippen LogP contribution in [0.4, 0.5) is 0 Å². The van der Waals surface area contributed by atoms with E-state index in [2.05, 4.69) is 4.98 Å². The molecule has 3 aromatic rings. The van der Waals surface area contributed by atoms with Crippen LogP contribution in [0.5, 0.6) is 0 Å². The van der Waals surface area contributed by atoms with Crippen LogP contribution in [0.2, 0.25) is 0 Å². The van der Waals surface area contributed by atoms with Crippen molar-refractivity contribution in [1.82, 2.24) is 9.55 Å². The number of rotatable bonds is 4. The quantitative estimate of drug-likeness (QED) is 0.596. The molecule has 0 spiro atoms. The van der Waals surface area contributed by atoms with Crippen LogP contribution >= 0.6 is 0 Å². The van der Waals surface area contributed by atoms with Gasteiger partial charge in [0.05, 0.1) is 5.69 Å². The summed E-state index contributed by atoms with van der Waals surface area (Å²) in [5.74, 6) is -3.65. The molecule has 3 rings (SSSR count). The van der Waals surface area contributed by atoms with Crippen molar-refractivity contribution < 1.29 is 11.0 Å². The molecule has 2 heteroatoms. The minimum Gasteiger partial charge on any atom is -0.299 e. The van der Waals surface area contributed by atoms with Crippen molar-refractivity contribution in [3.05, 3.63) is 72.1 Å². The van der Waals surface area contributed by atoms with Gasteiger partial charge in [-0.05, 0) is 22.9 Å². The summed E-state index contributed by atoms with van der Waals surface area (Å²) in [6, 6.07) is 13.7. The van der Waals surface area contributed by atoms with E-state index in [1.165, 1.54) is 38.2 Å². The van der Waals surface area contributed by atoms with Crippen LogP contribution in [0.3, 0.4) is 0 Å². The molecule has 118 valence electrons. The van der Waals surface area contributed by atoms with Crippen molar-refractivity contribution in [3.8, 4) is 17.1 Å². The van der Waals surface area contributed by atoms with Crippen LogP contribution in [0.25, 0.3) is 17.1 Å². The molecule has 2 atom stereocenters. The largest absolute Gasteiger partial charge is 0.299 e. The van der Waals surface area contributed by atoms with Gasteiger partial charge in [-0.2, -0.15) is 0 Å². The van der Waals surface area contributed by atoms with Gasteiger partial charge in [-0.3, -0.25) is 4.57 Å². The van der Waals surface area contributed by atoms with E-state index >= 15 is 0 Å². The van der Waals surface area contributed by atoms with Crippen LogP contribution in [0, 0.1) is 0 Å². The van der Waals surface area contributed by atoms with E-state index in [0.717, 1.165) is 5.56 Å². The maximum absolute atomic E-state index is 8.70. The van der Waals surface area contributed by atoms with Crippen molar-refractivity contribution in [2.45, 2.75) is 39.3 Å². The molecule has 0 radical (unpaired) electrons. The first-order chi connectivity index (χ1) is 14.2. The predicted molar refractivity (Wildman–Crippen MR) is 97.2 cm³/mol. The minimum absolute atomic E-state index is 0.0999. The van der Waals surface area contributed by atoms with E-state index in [9.17, 15) is 0 Å². The Kier molecular flexibility index (Phi) is 2.37. The molecular formula is C21H24N2. The second-order valence-electron chi connectivity index (χ2n) is 5.44. The number of hydrogen-bond acceptors (Lipinski definition) is 1. The smallest absolute Gasteiger partial charge is 0.144 e. The van der Waals surface area contributed by atoms with Crippen LogP contribution in [-0.2, 0) is 0 Å². The fraction of sp³-hybridized carbons (Fsp3) is 0.286. The van der Waals surface area contributed by atoms with Gasteiger partial charge >= 0.3 is 0 Å². The highest BCUT2D eigenvalue weighted by molar-refractivity contribution is 5.62. The van der Waals surface area contributed by atoms with Crippen LogP contribution < -0.4 is 0 Å². The Bertz CT molecular complexity index is 1020. The predicted octanol–water partition coefficient (Wildman–Crippen LogP) is 5.79. The van der Waals surface area contributed by atoms with E-state index in [1.807, 2.05) is 30.3 Å². The van der Waals surface area contributed by atoms with Gasteiger partial charge in [-0.25, -0.2) is 4.98 Å². The number of benzene rings is 2. The van der Waals surface area contributed by atoms with Crippen LogP contribution in [0.15, 0.2) is 60.9 Å².